The first-order valence-electron chi connectivity index (χ1n) is 9.00. The third-order valence-corrected chi connectivity index (χ3v) is 5.72. The topological polar surface area (TPSA) is 51.7 Å². The molecule has 0 radical (unpaired) electrons. The minimum absolute atomic E-state index is 0.128. The molecule has 1 fully saturated rings. The van der Waals surface area contributed by atoms with E-state index in [1.54, 1.807) is 18.4 Å². The molecule has 6 heteroatoms. The third kappa shape index (κ3) is 4.83. The van der Waals surface area contributed by atoms with Crippen molar-refractivity contribution in [3.05, 3.63) is 45.4 Å². The maximum atomic E-state index is 13.0. The maximum absolute atomic E-state index is 13.0. The summed E-state index contributed by atoms with van der Waals surface area (Å²) >= 11 is 1.61. The Morgan fingerprint density at radius 1 is 1.35 bits per heavy atom. The fraction of sp³-hybridized carbons (Fsp3) is 0.500. The zero-order chi connectivity index (χ0) is 18.5. The molecular weight excluding hydrogens is 348 g/mol. The number of thiazole rings is 1. The van der Waals surface area contributed by atoms with Gasteiger partial charge in [0.15, 0.2) is 0 Å². The van der Waals surface area contributed by atoms with Gasteiger partial charge in [-0.05, 0) is 44.4 Å². The van der Waals surface area contributed by atoms with Gasteiger partial charge in [-0.3, -0.25) is 4.79 Å². The molecule has 0 aliphatic carbocycles. The van der Waals surface area contributed by atoms with Gasteiger partial charge in [-0.1, -0.05) is 12.1 Å². The summed E-state index contributed by atoms with van der Waals surface area (Å²) in [4.78, 5) is 20.4. The number of carbonyl (C=O) groups excluding carboxylic acids is 1. The summed E-state index contributed by atoms with van der Waals surface area (Å²) in [6.07, 6.45) is 2.63. The molecule has 0 spiro atoms. The predicted molar refractivity (Wildman–Crippen MR) is 103 cm³/mol. The van der Waals surface area contributed by atoms with E-state index in [-0.39, 0.29) is 12.0 Å². The quantitative estimate of drug-likeness (QED) is 0.744. The number of amides is 1. The van der Waals surface area contributed by atoms with Gasteiger partial charge in [0.25, 0.3) is 0 Å². The van der Waals surface area contributed by atoms with Crippen molar-refractivity contribution in [2.24, 2.45) is 0 Å². The lowest BCUT2D eigenvalue weighted by molar-refractivity contribution is -0.132. The number of hydrogen-bond donors (Lipinski definition) is 0. The Kier molecular flexibility index (Phi) is 6.27. The van der Waals surface area contributed by atoms with Crippen LogP contribution in [-0.2, 0) is 22.5 Å². The summed E-state index contributed by atoms with van der Waals surface area (Å²) in [6.45, 7) is 5.97. The second-order valence-electron chi connectivity index (χ2n) is 6.68. The van der Waals surface area contributed by atoms with Gasteiger partial charge in [0.1, 0.15) is 5.75 Å². The van der Waals surface area contributed by atoms with E-state index in [1.807, 2.05) is 43.0 Å². The number of hydrogen-bond acceptors (Lipinski definition) is 5. The average molecular weight is 375 g/mol. The molecule has 5 nitrogen and oxygen atoms in total. The van der Waals surface area contributed by atoms with Gasteiger partial charge in [0.05, 0.1) is 30.3 Å². The molecule has 1 aromatic heterocycles. The molecule has 1 aliphatic rings. The number of methoxy groups -OCH3 is 1. The maximum Gasteiger partial charge on any atom is 0.228 e. The van der Waals surface area contributed by atoms with Crippen molar-refractivity contribution < 1.29 is 14.3 Å². The second-order valence-corrected chi connectivity index (χ2v) is 7.96. The number of aromatic nitrogens is 1. The molecule has 140 valence electrons. The fourth-order valence-electron chi connectivity index (χ4n) is 3.23. The van der Waals surface area contributed by atoms with E-state index in [4.69, 9.17) is 9.47 Å². The lowest BCUT2D eigenvalue weighted by atomic mass is 10.1. The SMILES string of the molecule is COc1ccc(CN(C[C@H]2CCCO2)C(=O)Cc2sc(C)nc2C)cc1. The molecule has 26 heavy (non-hydrogen) atoms. The number of carbonyl (C=O) groups is 1. The Morgan fingerprint density at radius 2 is 2.12 bits per heavy atom. The zero-order valence-electron chi connectivity index (χ0n) is 15.7. The minimum Gasteiger partial charge on any atom is -0.497 e. The first kappa shape index (κ1) is 18.9. The second kappa shape index (κ2) is 8.64. The summed E-state index contributed by atoms with van der Waals surface area (Å²) < 4.78 is 11.0. The van der Waals surface area contributed by atoms with Crippen LogP contribution in [0.1, 0.15) is 34.0 Å². The smallest absolute Gasteiger partial charge is 0.228 e. The van der Waals surface area contributed by atoms with Gasteiger partial charge < -0.3 is 14.4 Å². The zero-order valence-corrected chi connectivity index (χ0v) is 16.5. The van der Waals surface area contributed by atoms with Crippen LogP contribution in [0, 0.1) is 13.8 Å². The summed E-state index contributed by atoms with van der Waals surface area (Å²) in [7, 11) is 1.65. The molecule has 2 heterocycles. The van der Waals surface area contributed by atoms with Gasteiger partial charge in [-0.2, -0.15) is 0 Å². The van der Waals surface area contributed by atoms with Crippen molar-refractivity contribution in [3.8, 4) is 5.75 Å². The van der Waals surface area contributed by atoms with Crippen molar-refractivity contribution in [3.63, 3.8) is 0 Å². The van der Waals surface area contributed by atoms with Crippen LogP contribution < -0.4 is 4.74 Å². The van der Waals surface area contributed by atoms with Crippen molar-refractivity contribution in [2.75, 3.05) is 20.3 Å². The molecular formula is C20H26N2O3S. The highest BCUT2D eigenvalue weighted by Crippen LogP contribution is 2.21. The standard InChI is InChI=1S/C20H26N2O3S/c1-14-19(26-15(2)21-14)11-20(23)22(13-18-5-4-10-25-18)12-16-6-8-17(24-3)9-7-16/h6-9,18H,4-5,10-13H2,1-3H3/t18-/m1/s1. The highest BCUT2D eigenvalue weighted by atomic mass is 32.1. The van der Waals surface area contributed by atoms with Crippen LogP contribution in [0.5, 0.6) is 5.75 Å². The number of nitrogens with zero attached hydrogens (tertiary/aromatic N) is 2. The summed E-state index contributed by atoms with van der Waals surface area (Å²) in [5.74, 6) is 0.949. The van der Waals surface area contributed by atoms with Gasteiger partial charge >= 0.3 is 0 Å². The highest BCUT2D eigenvalue weighted by molar-refractivity contribution is 7.11. The lowest BCUT2D eigenvalue weighted by Crippen LogP contribution is -2.37. The van der Waals surface area contributed by atoms with Crippen LogP contribution in [0.2, 0.25) is 0 Å². The molecule has 0 saturated carbocycles. The Balaban J connectivity index is 1.72. The molecule has 3 rings (SSSR count). The summed E-state index contributed by atoms with van der Waals surface area (Å²) in [6, 6.07) is 7.88. The normalized spacial score (nSPS) is 16.7. The van der Waals surface area contributed by atoms with Crippen LogP contribution in [0.25, 0.3) is 0 Å². The first-order valence-corrected chi connectivity index (χ1v) is 9.82. The largest absolute Gasteiger partial charge is 0.497 e. The lowest BCUT2D eigenvalue weighted by Gasteiger charge is -2.25. The molecule has 2 aromatic rings. The molecule has 0 N–H and O–H groups in total. The van der Waals surface area contributed by atoms with Gasteiger partial charge in [-0.15, -0.1) is 11.3 Å². The summed E-state index contributed by atoms with van der Waals surface area (Å²) in [5.41, 5.74) is 2.05. The molecule has 0 bridgehead atoms. The van der Waals surface area contributed by atoms with Crippen LogP contribution in [-0.4, -0.2) is 42.2 Å². The minimum atomic E-state index is 0.128. The number of rotatable bonds is 7. The van der Waals surface area contributed by atoms with E-state index >= 15 is 0 Å². The first-order chi connectivity index (χ1) is 12.5. The van der Waals surface area contributed by atoms with E-state index in [0.29, 0.717) is 19.5 Å². The van der Waals surface area contributed by atoms with Gasteiger partial charge in [0, 0.05) is 24.6 Å². The highest BCUT2D eigenvalue weighted by Gasteiger charge is 2.24. The molecule has 1 atom stereocenters. The van der Waals surface area contributed by atoms with Crippen molar-refractivity contribution >= 4 is 17.2 Å². The van der Waals surface area contributed by atoms with Crippen LogP contribution in [0.3, 0.4) is 0 Å². The van der Waals surface area contributed by atoms with Crippen LogP contribution in [0.4, 0.5) is 0 Å². The number of benzene rings is 1. The van der Waals surface area contributed by atoms with Crippen LogP contribution >= 0.6 is 11.3 Å². The van der Waals surface area contributed by atoms with E-state index in [2.05, 4.69) is 4.98 Å². The number of ether oxygens (including phenoxy) is 2. The summed E-state index contributed by atoms with van der Waals surface area (Å²) in [5, 5.41) is 1.01. The molecule has 1 aromatic carbocycles. The number of aryl methyl sites for hydroxylation is 2. The van der Waals surface area contributed by atoms with Crippen molar-refractivity contribution in [1.82, 2.24) is 9.88 Å². The molecule has 1 saturated heterocycles. The van der Waals surface area contributed by atoms with E-state index in [0.717, 1.165) is 46.3 Å². The van der Waals surface area contributed by atoms with Crippen molar-refractivity contribution in [1.29, 1.82) is 0 Å². The average Bonchev–Trinajstić information content (AvgIpc) is 3.24. The molecule has 1 aliphatic heterocycles. The van der Waals surface area contributed by atoms with Gasteiger partial charge in [0.2, 0.25) is 5.91 Å². The Hall–Kier alpha value is -1.92. The monoisotopic (exact) mass is 374 g/mol. The Bertz CT molecular complexity index is 736. The van der Waals surface area contributed by atoms with E-state index < -0.39 is 0 Å². The predicted octanol–water partition coefficient (Wildman–Crippen LogP) is 3.52. The molecule has 1 amide bonds. The van der Waals surface area contributed by atoms with E-state index in [1.165, 1.54) is 0 Å². The van der Waals surface area contributed by atoms with Gasteiger partial charge in [-0.25, -0.2) is 4.98 Å². The van der Waals surface area contributed by atoms with E-state index in [9.17, 15) is 4.79 Å². The Labute approximate surface area is 159 Å². The Morgan fingerprint density at radius 3 is 2.69 bits per heavy atom. The fourth-order valence-corrected chi connectivity index (χ4v) is 4.15. The third-order valence-electron chi connectivity index (χ3n) is 4.64. The molecule has 0 unspecified atom stereocenters. The van der Waals surface area contributed by atoms with Crippen LogP contribution in [0.15, 0.2) is 24.3 Å². The van der Waals surface area contributed by atoms with Crippen molar-refractivity contribution in [2.45, 2.75) is 45.8 Å².